The Hall–Kier alpha value is -2.08. The summed E-state index contributed by atoms with van der Waals surface area (Å²) in [5.41, 5.74) is 0. The van der Waals surface area contributed by atoms with E-state index in [2.05, 4.69) is 10.2 Å². The number of carbonyl (C=O) groups excluding carboxylic acids is 2. The van der Waals surface area contributed by atoms with E-state index >= 15 is 0 Å². The van der Waals surface area contributed by atoms with Crippen LogP contribution >= 0.6 is 0 Å². The van der Waals surface area contributed by atoms with Gasteiger partial charge >= 0.3 is 5.91 Å². The van der Waals surface area contributed by atoms with Crippen LogP contribution in [0.1, 0.15) is 12.8 Å². The van der Waals surface area contributed by atoms with E-state index < -0.39 is 0 Å². The number of carbonyl (C=O) groups is 2. The zero-order valence-electron chi connectivity index (χ0n) is 9.19. The quantitative estimate of drug-likeness (QED) is 0.498. The highest BCUT2D eigenvalue weighted by molar-refractivity contribution is 5.79. The second-order valence-electron chi connectivity index (χ2n) is 3.17. The maximum Gasteiger partial charge on any atom is 0.302 e. The predicted octanol–water partition coefficient (Wildman–Crippen LogP) is -0.216. The van der Waals surface area contributed by atoms with E-state index in [4.69, 9.17) is 11.8 Å². The van der Waals surface area contributed by atoms with E-state index in [1.54, 1.807) is 13.1 Å². The van der Waals surface area contributed by atoms with Crippen LogP contribution in [0.15, 0.2) is 0 Å². The van der Waals surface area contributed by atoms with Gasteiger partial charge in [-0.3, -0.25) is 9.59 Å². The van der Waals surface area contributed by atoms with E-state index in [1.807, 2.05) is 0 Å². The molecular weight excluding hydrogens is 208 g/mol. The summed E-state index contributed by atoms with van der Waals surface area (Å²) in [6.07, 6.45) is 0.462. The molecule has 0 atom stereocenters. The third-order valence-electron chi connectivity index (χ3n) is 1.87. The predicted molar refractivity (Wildman–Crippen MR) is 57.0 cm³/mol. The molecule has 0 saturated heterocycles. The molecule has 0 aromatic carbocycles. The van der Waals surface area contributed by atoms with Crippen LogP contribution in [0.25, 0.3) is 4.85 Å². The summed E-state index contributed by atoms with van der Waals surface area (Å²) in [6.45, 7) is 7.30. The molecule has 0 aliphatic heterocycles. The first-order chi connectivity index (χ1) is 7.61. The van der Waals surface area contributed by atoms with Crippen molar-refractivity contribution >= 4 is 11.8 Å². The van der Waals surface area contributed by atoms with Gasteiger partial charge in [-0.15, -0.1) is 0 Å². The second kappa shape index (κ2) is 8.25. The lowest BCUT2D eigenvalue weighted by molar-refractivity contribution is -0.127. The molecule has 0 rings (SSSR count). The van der Waals surface area contributed by atoms with Crippen LogP contribution < -0.4 is 5.32 Å². The van der Waals surface area contributed by atoms with E-state index in [1.165, 1.54) is 4.90 Å². The summed E-state index contributed by atoms with van der Waals surface area (Å²) in [7, 11) is 1.62. The third kappa shape index (κ3) is 6.39. The molecule has 0 saturated carbocycles. The Labute approximate surface area is 94.7 Å². The van der Waals surface area contributed by atoms with Crippen molar-refractivity contribution in [1.82, 2.24) is 10.2 Å². The van der Waals surface area contributed by atoms with Crippen molar-refractivity contribution in [2.24, 2.45) is 0 Å². The van der Waals surface area contributed by atoms with Crippen LogP contribution in [-0.4, -0.2) is 43.4 Å². The Morgan fingerprint density at radius 2 is 2.25 bits per heavy atom. The van der Waals surface area contributed by atoms with Crippen LogP contribution in [-0.2, 0) is 9.59 Å². The molecule has 0 radical (unpaired) electrons. The number of nitriles is 1. The molecule has 0 aliphatic rings. The van der Waals surface area contributed by atoms with Crippen molar-refractivity contribution in [2.45, 2.75) is 12.8 Å². The van der Waals surface area contributed by atoms with Crippen molar-refractivity contribution in [3.63, 3.8) is 0 Å². The lowest BCUT2D eigenvalue weighted by atomic mass is 10.3. The van der Waals surface area contributed by atoms with Crippen LogP contribution in [0.2, 0.25) is 0 Å². The summed E-state index contributed by atoms with van der Waals surface area (Å²) >= 11 is 0. The standard InChI is InChI=1S/C10H14N4O2/c1-12-8-10(16)14(2)7-3-6-13-9(15)4-5-11/h3-4,6-8H2,2H3,(H,13,15). The van der Waals surface area contributed by atoms with Gasteiger partial charge in [0.2, 0.25) is 5.91 Å². The fourth-order valence-corrected chi connectivity index (χ4v) is 0.991. The van der Waals surface area contributed by atoms with Gasteiger partial charge in [-0.25, -0.2) is 6.57 Å². The second-order valence-corrected chi connectivity index (χ2v) is 3.17. The van der Waals surface area contributed by atoms with E-state index in [9.17, 15) is 9.59 Å². The minimum absolute atomic E-state index is 0.142. The molecule has 0 fully saturated rings. The molecule has 0 heterocycles. The SMILES string of the molecule is [C-]#[N+]CC(=O)N(C)CCCNC(=O)CC#N. The number of likely N-dealkylation sites (N-methyl/N-ethyl adjacent to an activating group) is 1. The molecule has 0 aliphatic carbocycles. The summed E-state index contributed by atoms with van der Waals surface area (Å²) in [6, 6.07) is 1.74. The van der Waals surface area contributed by atoms with Gasteiger partial charge in [-0.1, -0.05) is 0 Å². The highest BCUT2D eigenvalue weighted by atomic mass is 16.2. The number of amides is 2. The first-order valence-corrected chi connectivity index (χ1v) is 4.82. The minimum Gasteiger partial charge on any atom is -0.355 e. The lowest BCUT2D eigenvalue weighted by Crippen LogP contribution is -2.32. The van der Waals surface area contributed by atoms with Crippen molar-refractivity contribution in [3.05, 3.63) is 11.4 Å². The summed E-state index contributed by atoms with van der Waals surface area (Å²) in [5.74, 6) is -0.531. The first kappa shape index (κ1) is 13.9. The largest absolute Gasteiger partial charge is 0.355 e. The maximum atomic E-state index is 11.2. The molecule has 0 unspecified atom stereocenters. The first-order valence-electron chi connectivity index (χ1n) is 4.82. The molecule has 0 aromatic rings. The van der Waals surface area contributed by atoms with Gasteiger partial charge in [0.05, 0.1) is 6.07 Å². The van der Waals surface area contributed by atoms with Gasteiger partial charge in [-0.2, -0.15) is 5.26 Å². The molecule has 6 heteroatoms. The molecule has 1 N–H and O–H groups in total. The normalized spacial score (nSPS) is 8.69. The summed E-state index contributed by atoms with van der Waals surface area (Å²) in [5, 5.41) is 10.8. The average molecular weight is 222 g/mol. The minimum atomic E-state index is -0.308. The zero-order valence-corrected chi connectivity index (χ0v) is 9.19. The van der Waals surface area contributed by atoms with Gasteiger partial charge in [-0.05, 0) is 6.42 Å². The lowest BCUT2D eigenvalue weighted by Gasteiger charge is -2.13. The molecule has 2 amide bonds. The third-order valence-corrected chi connectivity index (χ3v) is 1.87. The van der Waals surface area contributed by atoms with Crippen LogP contribution in [0, 0.1) is 17.9 Å². The molecule has 0 spiro atoms. The molecule has 0 bridgehead atoms. The van der Waals surface area contributed by atoms with E-state index in [-0.39, 0.29) is 24.8 Å². The molecule has 0 aromatic heterocycles. The van der Waals surface area contributed by atoms with Crippen LogP contribution in [0.3, 0.4) is 0 Å². The van der Waals surface area contributed by atoms with Crippen LogP contribution in [0.4, 0.5) is 0 Å². The van der Waals surface area contributed by atoms with Gasteiger partial charge in [0.1, 0.15) is 6.42 Å². The summed E-state index contributed by atoms with van der Waals surface area (Å²) in [4.78, 5) is 26.5. The zero-order chi connectivity index (χ0) is 12.4. The van der Waals surface area contributed by atoms with Crippen molar-refractivity contribution in [3.8, 4) is 6.07 Å². The van der Waals surface area contributed by atoms with Gasteiger partial charge in [0.25, 0.3) is 6.54 Å². The van der Waals surface area contributed by atoms with Gasteiger partial charge in [0.15, 0.2) is 0 Å². The molecular formula is C10H14N4O2. The topological polar surface area (TPSA) is 77.6 Å². The van der Waals surface area contributed by atoms with E-state index in [0.717, 1.165) is 0 Å². The number of rotatable bonds is 6. The Bertz CT molecular complexity index is 327. The molecule has 16 heavy (non-hydrogen) atoms. The van der Waals surface area contributed by atoms with Crippen molar-refractivity contribution in [2.75, 3.05) is 26.7 Å². The fourth-order valence-electron chi connectivity index (χ4n) is 0.991. The van der Waals surface area contributed by atoms with Gasteiger partial charge < -0.3 is 15.1 Å². The van der Waals surface area contributed by atoms with Crippen molar-refractivity contribution in [1.29, 1.82) is 5.26 Å². The maximum absolute atomic E-state index is 11.2. The monoisotopic (exact) mass is 222 g/mol. The molecule has 86 valence electrons. The van der Waals surface area contributed by atoms with Gasteiger partial charge in [0, 0.05) is 20.1 Å². The van der Waals surface area contributed by atoms with Crippen LogP contribution in [0.5, 0.6) is 0 Å². The number of nitrogens with one attached hydrogen (secondary N) is 1. The highest BCUT2D eigenvalue weighted by Crippen LogP contribution is 1.89. The number of nitrogens with zero attached hydrogens (tertiary/aromatic N) is 3. The Kier molecular flexibility index (Phi) is 7.17. The Morgan fingerprint density at radius 1 is 1.56 bits per heavy atom. The van der Waals surface area contributed by atoms with Crippen molar-refractivity contribution < 1.29 is 9.59 Å². The number of hydrogen-bond acceptors (Lipinski definition) is 3. The Morgan fingerprint density at radius 3 is 2.81 bits per heavy atom. The Balaban J connectivity index is 3.60. The number of hydrogen-bond donors (Lipinski definition) is 1. The average Bonchev–Trinajstić information content (AvgIpc) is 2.24. The van der Waals surface area contributed by atoms with E-state index in [0.29, 0.717) is 19.5 Å². The summed E-state index contributed by atoms with van der Waals surface area (Å²) < 4.78 is 0. The highest BCUT2D eigenvalue weighted by Gasteiger charge is 2.10. The molecule has 6 nitrogen and oxygen atoms in total. The smallest absolute Gasteiger partial charge is 0.302 e. The fraction of sp³-hybridized carbons (Fsp3) is 0.600.